The summed E-state index contributed by atoms with van der Waals surface area (Å²) in [6.45, 7) is 8.97. The van der Waals surface area contributed by atoms with Crippen molar-refractivity contribution in [3.05, 3.63) is 0 Å². The number of nitrogens with one attached hydrogen (secondary N) is 1. The summed E-state index contributed by atoms with van der Waals surface area (Å²) in [6.07, 6.45) is 4.99. The van der Waals surface area contributed by atoms with Crippen molar-refractivity contribution < 1.29 is 9.47 Å². The molecule has 1 N–H and O–H groups in total. The van der Waals surface area contributed by atoms with E-state index in [0.29, 0.717) is 18.2 Å². The molecule has 3 atom stereocenters. The highest BCUT2D eigenvalue weighted by molar-refractivity contribution is 4.84. The van der Waals surface area contributed by atoms with E-state index in [1.165, 1.54) is 12.8 Å². The first kappa shape index (κ1) is 13.9. The van der Waals surface area contributed by atoms with Crippen LogP contribution in [0.25, 0.3) is 0 Å². The summed E-state index contributed by atoms with van der Waals surface area (Å²) < 4.78 is 11.2. The van der Waals surface area contributed by atoms with Gasteiger partial charge in [0.15, 0.2) is 0 Å². The van der Waals surface area contributed by atoms with Gasteiger partial charge in [0.05, 0.1) is 6.10 Å². The molecule has 3 heteroatoms. The van der Waals surface area contributed by atoms with Gasteiger partial charge in [0.25, 0.3) is 0 Å². The molecule has 1 saturated heterocycles. The summed E-state index contributed by atoms with van der Waals surface area (Å²) in [6, 6.07) is 1.18. The molecule has 0 aromatic rings. The van der Waals surface area contributed by atoms with E-state index in [1.54, 1.807) is 0 Å². The van der Waals surface area contributed by atoms with Crippen LogP contribution in [0.3, 0.4) is 0 Å². The largest absolute Gasteiger partial charge is 0.382 e. The van der Waals surface area contributed by atoms with Crippen molar-refractivity contribution in [2.75, 3.05) is 19.8 Å². The minimum atomic E-state index is 0.405. The SMILES string of the molecule is CCOCCCOC1CCC(C)NC1CC. The maximum absolute atomic E-state index is 5.94. The van der Waals surface area contributed by atoms with Crippen molar-refractivity contribution in [1.82, 2.24) is 5.32 Å². The van der Waals surface area contributed by atoms with Gasteiger partial charge in [0.2, 0.25) is 0 Å². The summed E-state index contributed by atoms with van der Waals surface area (Å²) in [5.74, 6) is 0. The Kier molecular flexibility index (Phi) is 7.01. The van der Waals surface area contributed by atoms with Crippen LogP contribution in [0.15, 0.2) is 0 Å². The second-order valence-corrected chi connectivity index (χ2v) is 4.62. The Morgan fingerprint density at radius 2 is 2.00 bits per heavy atom. The van der Waals surface area contributed by atoms with Crippen LogP contribution in [-0.2, 0) is 9.47 Å². The first-order valence-corrected chi connectivity index (χ1v) is 6.73. The Hall–Kier alpha value is -0.120. The van der Waals surface area contributed by atoms with Gasteiger partial charge in [0, 0.05) is 31.9 Å². The van der Waals surface area contributed by atoms with Crippen LogP contribution in [0.5, 0.6) is 0 Å². The topological polar surface area (TPSA) is 30.5 Å². The van der Waals surface area contributed by atoms with Crippen LogP contribution < -0.4 is 5.32 Å². The molecule has 0 amide bonds. The molecule has 96 valence electrons. The zero-order chi connectivity index (χ0) is 11.8. The smallest absolute Gasteiger partial charge is 0.0728 e. The van der Waals surface area contributed by atoms with Crippen LogP contribution in [0.1, 0.15) is 46.5 Å². The van der Waals surface area contributed by atoms with Crippen molar-refractivity contribution in [2.45, 2.75) is 64.6 Å². The third-order valence-electron chi connectivity index (χ3n) is 3.24. The van der Waals surface area contributed by atoms with Gasteiger partial charge < -0.3 is 14.8 Å². The average Bonchev–Trinajstić information content (AvgIpc) is 2.30. The van der Waals surface area contributed by atoms with Gasteiger partial charge in [-0.2, -0.15) is 0 Å². The zero-order valence-electron chi connectivity index (χ0n) is 11.0. The maximum atomic E-state index is 5.94. The average molecular weight is 229 g/mol. The van der Waals surface area contributed by atoms with Gasteiger partial charge in [-0.25, -0.2) is 0 Å². The molecule has 3 unspecified atom stereocenters. The number of hydrogen-bond acceptors (Lipinski definition) is 3. The lowest BCUT2D eigenvalue weighted by atomic mass is 9.95. The van der Waals surface area contributed by atoms with Crippen molar-refractivity contribution in [2.24, 2.45) is 0 Å². The molecule has 0 radical (unpaired) electrons. The second kappa shape index (κ2) is 8.04. The van der Waals surface area contributed by atoms with Crippen LogP contribution >= 0.6 is 0 Å². The fraction of sp³-hybridized carbons (Fsp3) is 1.00. The van der Waals surface area contributed by atoms with Gasteiger partial charge in [-0.05, 0) is 39.5 Å². The molecule has 0 saturated carbocycles. The molecule has 16 heavy (non-hydrogen) atoms. The van der Waals surface area contributed by atoms with Crippen molar-refractivity contribution in [1.29, 1.82) is 0 Å². The van der Waals surface area contributed by atoms with Gasteiger partial charge >= 0.3 is 0 Å². The van der Waals surface area contributed by atoms with Gasteiger partial charge in [0.1, 0.15) is 0 Å². The van der Waals surface area contributed by atoms with E-state index in [4.69, 9.17) is 9.47 Å². The number of hydrogen-bond donors (Lipinski definition) is 1. The standard InChI is InChI=1S/C13H27NO2/c1-4-12-13(8-7-11(3)14-12)16-10-6-9-15-5-2/h11-14H,4-10H2,1-3H3. The predicted molar refractivity (Wildman–Crippen MR) is 66.8 cm³/mol. The molecule has 0 aromatic heterocycles. The third kappa shape index (κ3) is 4.81. The van der Waals surface area contributed by atoms with Crippen LogP contribution in [0.2, 0.25) is 0 Å². The number of piperidine rings is 1. The zero-order valence-corrected chi connectivity index (χ0v) is 11.0. The van der Waals surface area contributed by atoms with Gasteiger partial charge in [-0.1, -0.05) is 6.92 Å². The Balaban J connectivity index is 2.14. The van der Waals surface area contributed by atoms with Gasteiger partial charge in [-0.15, -0.1) is 0 Å². The minimum absolute atomic E-state index is 0.405. The molecule has 1 heterocycles. The monoisotopic (exact) mass is 229 g/mol. The first-order valence-electron chi connectivity index (χ1n) is 6.73. The molecule has 0 aromatic carbocycles. The highest BCUT2D eigenvalue weighted by atomic mass is 16.5. The molecule has 1 aliphatic rings. The molecule has 0 spiro atoms. The predicted octanol–water partition coefficient (Wildman–Crippen LogP) is 2.35. The van der Waals surface area contributed by atoms with E-state index < -0.39 is 0 Å². The molecule has 0 aliphatic carbocycles. The van der Waals surface area contributed by atoms with E-state index >= 15 is 0 Å². The lowest BCUT2D eigenvalue weighted by molar-refractivity contribution is -0.00962. The van der Waals surface area contributed by atoms with E-state index in [9.17, 15) is 0 Å². The van der Waals surface area contributed by atoms with E-state index in [0.717, 1.165) is 32.7 Å². The van der Waals surface area contributed by atoms with Crippen LogP contribution in [0, 0.1) is 0 Å². The Morgan fingerprint density at radius 3 is 2.69 bits per heavy atom. The molecule has 1 aliphatic heterocycles. The molecular formula is C13H27NO2. The fourth-order valence-electron chi connectivity index (χ4n) is 2.29. The number of ether oxygens (including phenoxy) is 2. The summed E-state index contributed by atoms with van der Waals surface area (Å²) in [7, 11) is 0. The van der Waals surface area contributed by atoms with Crippen molar-refractivity contribution in [3.63, 3.8) is 0 Å². The van der Waals surface area contributed by atoms with E-state index in [2.05, 4.69) is 19.2 Å². The molecule has 1 rings (SSSR count). The molecule has 0 bridgehead atoms. The Bertz CT molecular complexity index is 175. The van der Waals surface area contributed by atoms with E-state index in [-0.39, 0.29) is 0 Å². The minimum Gasteiger partial charge on any atom is -0.382 e. The lowest BCUT2D eigenvalue weighted by Crippen LogP contribution is -2.50. The highest BCUT2D eigenvalue weighted by Gasteiger charge is 2.26. The summed E-state index contributed by atoms with van der Waals surface area (Å²) in [4.78, 5) is 0. The fourth-order valence-corrected chi connectivity index (χ4v) is 2.29. The van der Waals surface area contributed by atoms with Crippen LogP contribution in [-0.4, -0.2) is 38.0 Å². The number of rotatable bonds is 7. The van der Waals surface area contributed by atoms with Crippen molar-refractivity contribution >= 4 is 0 Å². The Morgan fingerprint density at radius 1 is 1.19 bits per heavy atom. The summed E-state index contributed by atoms with van der Waals surface area (Å²) in [5, 5.41) is 3.61. The molecule has 3 nitrogen and oxygen atoms in total. The summed E-state index contributed by atoms with van der Waals surface area (Å²) in [5.41, 5.74) is 0. The summed E-state index contributed by atoms with van der Waals surface area (Å²) >= 11 is 0. The van der Waals surface area contributed by atoms with E-state index in [1.807, 2.05) is 6.92 Å². The van der Waals surface area contributed by atoms with Crippen molar-refractivity contribution in [3.8, 4) is 0 Å². The normalized spacial score (nSPS) is 30.6. The van der Waals surface area contributed by atoms with Crippen LogP contribution in [0.4, 0.5) is 0 Å². The quantitative estimate of drug-likeness (QED) is 0.680. The first-order chi connectivity index (χ1) is 7.77. The Labute approximate surface area is 99.9 Å². The molecular weight excluding hydrogens is 202 g/mol. The van der Waals surface area contributed by atoms with Gasteiger partial charge in [-0.3, -0.25) is 0 Å². The third-order valence-corrected chi connectivity index (χ3v) is 3.24. The maximum Gasteiger partial charge on any atom is 0.0728 e. The highest BCUT2D eigenvalue weighted by Crippen LogP contribution is 2.18. The lowest BCUT2D eigenvalue weighted by Gasteiger charge is -2.35. The second-order valence-electron chi connectivity index (χ2n) is 4.62. The molecule has 1 fully saturated rings.